The SMILES string of the molecule is CC(C)(C)NCC(F)CNC(C)(C)C. The molecule has 0 atom stereocenters. The molecule has 14 heavy (non-hydrogen) atoms. The van der Waals surface area contributed by atoms with E-state index in [2.05, 4.69) is 10.6 Å². The minimum Gasteiger partial charge on any atom is -0.309 e. The molecule has 0 aliphatic heterocycles. The Morgan fingerprint density at radius 2 is 1.14 bits per heavy atom. The van der Waals surface area contributed by atoms with E-state index in [1.54, 1.807) is 0 Å². The van der Waals surface area contributed by atoms with Crippen molar-refractivity contribution in [1.82, 2.24) is 10.6 Å². The van der Waals surface area contributed by atoms with Crippen molar-refractivity contribution in [3.05, 3.63) is 0 Å². The predicted molar refractivity (Wildman–Crippen MR) is 60.4 cm³/mol. The van der Waals surface area contributed by atoms with E-state index in [1.807, 2.05) is 41.5 Å². The van der Waals surface area contributed by atoms with Crippen LogP contribution in [0.15, 0.2) is 0 Å². The van der Waals surface area contributed by atoms with E-state index in [4.69, 9.17) is 0 Å². The largest absolute Gasteiger partial charge is 0.309 e. The molecule has 0 rings (SSSR count). The minimum absolute atomic E-state index is 0.00786. The van der Waals surface area contributed by atoms with Crippen LogP contribution in [0.2, 0.25) is 0 Å². The fraction of sp³-hybridized carbons (Fsp3) is 1.00. The summed E-state index contributed by atoms with van der Waals surface area (Å²) in [7, 11) is 0. The first kappa shape index (κ1) is 13.8. The van der Waals surface area contributed by atoms with Crippen molar-refractivity contribution in [2.24, 2.45) is 0 Å². The van der Waals surface area contributed by atoms with Crippen LogP contribution in [-0.4, -0.2) is 30.3 Å². The van der Waals surface area contributed by atoms with Crippen molar-refractivity contribution in [2.75, 3.05) is 13.1 Å². The fourth-order valence-corrected chi connectivity index (χ4v) is 0.906. The summed E-state index contributed by atoms with van der Waals surface area (Å²) in [5.41, 5.74) is -0.0157. The van der Waals surface area contributed by atoms with Crippen LogP contribution in [-0.2, 0) is 0 Å². The molecular formula is C11H25FN2. The molecule has 0 saturated carbocycles. The molecule has 0 aliphatic carbocycles. The van der Waals surface area contributed by atoms with Gasteiger partial charge in [-0.25, -0.2) is 4.39 Å². The summed E-state index contributed by atoms with van der Waals surface area (Å²) in [5, 5.41) is 6.29. The van der Waals surface area contributed by atoms with Crippen molar-refractivity contribution >= 4 is 0 Å². The van der Waals surface area contributed by atoms with Gasteiger partial charge in [-0.15, -0.1) is 0 Å². The van der Waals surface area contributed by atoms with Gasteiger partial charge in [0.15, 0.2) is 0 Å². The van der Waals surface area contributed by atoms with Gasteiger partial charge in [0.1, 0.15) is 6.17 Å². The van der Waals surface area contributed by atoms with E-state index in [0.29, 0.717) is 13.1 Å². The van der Waals surface area contributed by atoms with E-state index in [-0.39, 0.29) is 11.1 Å². The molecule has 0 saturated heterocycles. The number of hydrogen-bond donors (Lipinski definition) is 2. The molecule has 0 fully saturated rings. The van der Waals surface area contributed by atoms with E-state index >= 15 is 0 Å². The Morgan fingerprint density at radius 3 is 1.36 bits per heavy atom. The Kier molecular flexibility index (Phi) is 5.02. The standard InChI is InChI=1S/C11H25FN2/c1-10(2,3)13-7-9(12)8-14-11(4,5)6/h9,13-14H,7-8H2,1-6H3. The Labute approximate surface area is 87.7 Å². The molecular weight excluding hydrogens is 179 g/mol. The summed E-state index contributed by atoms with van der Waals surface area (Å²) in [5.74, 6) is 0. The van der Waals surface area contributed by atoms with Gasteiger partial charge in [0.05, 0.1) is 0 Å². The third-order valence-electron chi connectivity index (χ3n) is 1.71. The van der Waals surface area contributed by atoms with Crippen molar-refractivity contribution in [3.63, 3.8) is 0 Å². The van der Waals surface area contributed by atoms with E-state index in [0.717, 1.165) is 0 Å². The quantitative estimate of drug-likeness (QED) is 0.733. The van der Waals surface area contributed by atoms with Gasteiger partial charge in [-0.2, -0.15) is 0 Å². The Bertz CT molecular complexity index is 138. The number of rotatable bonds is 4. The molecule has 2 nitrogen and oxygen atoms in total. The summed E-state index contributed by atoms with van der Waals surface area (Å²) in [6, 6.07) is 0. The molecule has 0 aromatic carbocycles. The van der Waals surface area contributed by atoms with Crippen molar-refractivity contribution < 1.29 is 4.39 Å². The lowest BCUT2D eigenvalue weighted by atomic mass is 10.1. The lowest BCUT2D eigenvalue weighted by Gasteiger charge is -2.25. The zero-order valence-electron chi connectivity index (χ0n) is 10.4. The second-order valence-electron chi connectivity index (χ2n) is 5.86. The number of alkyl halides is 1. The Morgan fingerprint density at radius 1 is 0.857 bits per heavy atom. The normalized spacial score (nSPS) is 13.7. The Hall–Kier alpha value is -0.150. The van der Waals surface area contributed by atoms with Crippen molar-refractivity contribution in [1.29, 1.82) is 0 Å². The maximum absolute atomic E-state index is 13.3. The smallest absolute Gasteiger partial charge is 0.125 e. The highest BCUT2D eigenvalue weighted by Gasteiger charge is 2.15. The topological polar surface area (TPSA) is 24.1 Å². The lowest BCUT2D eigenvalue weighted by molar-refractivity contribution is 0.257. The summed E-state index contributed by atoms with van der Waals surface area (Å²) in [6.07, 6.45) is -0.826. The molecule has 3 heteroatoms. The van der Waals surface area contributed by atoms with Crippen molar-refractivity contribution in [3.8, 4) is 0 Å². The van der Waals surface area contributed by atoms with Crippen LogP contribution < -0.4 is 10.6 Å². The first-order valence-corrected chi connectivity index (χ1v) is 5.24. The maximum Gasteiger partial charge on any atom is 0.125 e. The monoisotopic (exact) mass is 204 g/mol. The molecule has 0 amide bonds. The molecule has 0 bridgehead atoms. The highest BCUT2D eigenvalue weighted by atomic mass is 19.1. The first-order chi connectivity index (χ1) is 6.10. The maximum atomic E-state index is 13.3. The van der Waals surface area contributed by atoms with Gasteiger partial charge in [-0.05, 0) is 41.5 Å². The second kappa shape index (κ2) is 5.08. The van der Waals surface area contributed by atoms with Crippen LogP contribution >= 0.6 is 0 Å². The second-order valence-corrected chi connectivity index (χ2v) is 5.86. The zero-order valence-corrected chi connectivity index (χ0v) is 10.4. The van der Waals surface area contributed by atoms with Gasteiger partial charge in [-0.1, -0.05) is 0 Å². The van der Waals surface area contributed by atoms with Crippen LogP contribution in [0.25, 0.3) is 0 Å². The average molecular weight is 204 g/mol. The van der Waals surface area contributed by atoms with E-state index < -0.39 is 6.17 Å². The summed E-state index contributed by atoms with van der Waals surface area (Å²) in [6.45, 7) is 13.1. The fourth-order valence-electron chi connectivity index (χ4n) is 0.906. The number of hydrogen-bond acceptors (Lipinski definition) is 2. The first-order valence-electron chi connectivity index (χ1n) is 5.24. The summed E-state index contributed by atoms with van der Waals surface area (Å²) in [4.78, 5) is 0. The highest BCUT2D eigenvalue weighted by molar-refractivity contribution is 4.77. The number of nitrogens with one attached hydrogen (secondary N) is 2. The van der Waals surface area contributed by atoms with Gasteiger partial charge < -0.3 is 10.6 Å². The number of halogens is 1. The van der Waals surface area contributed by atoms with Gasteiger partial charge in [-0.3, -0.25) is 0 Å². The van der Waals surface area contributed by atoms with Crippen LogP contribution in [0.5, 0.6) is 0 Å². The molecule has 0 spiro atoms. The molecule has 0 aromatic heterocycles. The van der Waals surface area contributed by atoms with Crippen LogP contribution in [0, 0.1) is 0 Å². The Balaban J connectivity index is 3.62. The molecule has 2 N–H and O–H groups in total. The highest BCUT2D eigenvalue weighted by Crippen LogP contribution is 2.02. The summed E-state index contributed by atoms with van der Waals surface area (Å²) >= 11 is 0. The third kappa shape index (κ3) is 9.93. The van der Waals surface area contributed by atoms with E-state index in [1.165, 1.54) is 0 Å². The van der Waals surface area contributed by atoms with Crippen LogP contribution in [0.4, 0.5) is 4.39 Å². The molecule has 0 radical (unpaired) electrons. The van der Waals surface area contributed by atoms with Crippen LogP contribution in [0.3, 0.4) is 0 Å². The van der Waals surface area contributed by atoms with Gasteiger partial charge >= 0.3 is 0 Å². The molecule has 0 heterocycles. The molecule has 0 aromatic rings. The molecule has 86 valence electrons. The third-order valence-corrected chi connectivity index (χ3v) is 1.71. The lowest BCUT2D eigenvalue weighted by Crippen LogP contribution is -2.45. The van der Waals surface area contributed by atoms with Crippen LogP contribution in [0.1, 0.15) is 41.5 Å². The van der Waals surface area contributed by atoms with Gasteiger partial charge in [0.25, 0.3) is 0 Å². The van der Waals surface area contributed by atoms with Gasteiger partial charge in [0, 0.05) is 24.2 Å². The summed E-state index contributed by atoms with van der Waals surface area (Å²) < 4.78 is 13.3. The zero-order chi connectivity index (χ0) is 11.4. The average Bonchev–Trinajstić information content (AvgIpc) is 1.94. The van der Waals surface area contributed by atoms with E-state index in [9.17, 15) is 4.39 Å². The minimum atomic E-state index is -0.826. The van der Waals surface area contributed by atoms with Gasteiger partial charge in [0.2, 0.25) is 0 Å². The molecule has 0 unspecified atom stereocenters. The predicted octanol–water partition coefficient (Wildman–Crippen LogP) is 2.10. The van der Waals surface area contributed by atoms with Crippen molar-refractivity contribution in [2.45, 2.75) is 58.8 Å². The molecule has 0 aliphatic rings.